The Hall–Kier alpha value is -1.85. The summed E-state index contributed by atoms with van der Waals surface area (Å²) in [6.07, 6.45) is 3.32. The zero-order valence-electron chi connectivity index (χ0n) is 12.5. The highest BCUT2D eigenvalue weighted by molar-refractivity contribution is 6.35. The predicted octanol–water partition coefficient (Wildman–Crippen LogP) is 3.87. The Bertz CT molecular complexity index is 830. The van der Waals surface area contributed by atoms with Crippen molar-refractivity contribution in [1.82, 2.24) is 19.7 Å². The van der Waals surface area contributed by atoms with Crippen molar-refractivity contribution >= 4 is 40.1 Å². The molecule has 0 aliphatic carbocycles. The van der Waals surface area contributed by atoms with Crippen LogP contribution in [-0.4, -0.2) is 26.8 Å². The number of nitrogens with zero attached hydrogens (tertiary/aromatic N) is 5. The van der Waals surface area contributed by atoms with Crippen LogP contribution in [0, 0.1) is 0 Å². The van der Waals surface area contributed by atoms with E-state index in [1.54, 1.807) is 23.3 Å². The summed E-state index contributed by atoms with van der Waals surface area (Å²) in [6.45, 7) is 2.07. The third-order valence-corrected chi connectivity index (χ3v) is 4.40. The van der Waals surface area contributed by atoms with Crippen molar-refractivity contribution in [2.45, 2.75) is 13.0 Å². The summed E-state index contributed by atoms with van der Waals surface area (Å²) >= 11 is 12.3. The first-order chi connectivity index (χ1) is 10.5. The highest BCUT2D eigenvalue weighted by Gasteiger charge is 2.19. The van der Waals surface area contributed by atoms with Crippen LogP contribution >= 0.6 is 23.2 Å². The first kappa shape index (κ1) is 15.1. The fourth-order valence-electron chi connectivity index (χ4n) is 2.46. The minimum Gasteiger partial charge on any atom is -0.352 e. The molecule has 5 nitrogen and oxygen atoms in total. The normalized spacial score (nSPS) is 12.6. The number of aromatic nitrogens is 4. The van der Waals surface area contributed by atoms with Gasteiger partial charge in [-0.25, -0.2) is 9.97 Å². The quantitative estimate of drug-likeness (QED) is 0.728. The van der Waals surface area contributed by atoms with Crippen LogP contribution in [0.3, 0.4) is 0 Å². The third kappa shape index (κ3) is 2.51. The SMILES string of the molecule is C[C@@H](c1ccc(Cl)cc1Cl)N(C)c1ncnc2c1cnn2C. The monoisotopic (exact) mass is 335 g/mol. The number of halogens is 2. The smallest absolute Gasteiger partial charge is 0.163 e. The summed E-state index contributed by atoms with van der Waals surface area (Å²) < 4.78 is 1.73. The van der Waals surface area contributed by atoms with Crippen LogP contribution in [0.1, 0.15) is 18.5 Å². The molecule has 0 N–H and O–H groups in total. The maximum absolute atomic E-state index is 6.32. The van der Waals surface area contributed by atoms with Gasteiger partial charge in [0.05, 0.1) is 17.6 Å². The lowest BCUT2D eigenvalue weighted by atomic mass is 10.1. The third-order valence-electron chi connectivity index (χ3n) is 3.84. The molecule has 2 aromatic heterocycles. The van der Waals surface area contributed by atoms with Crippen LogP contribution in [0.15, 0.2) is 30.7 Å². The van der Waals surface area contributed by atoms with E-state index in [1.165, 1.54) is 0 Å². The molecule has 114 valence electrons. The second-order valence-corrected chi connectivity index (χ2v) is 6.00. The fraction of sp³-hybridized carbons (Fsp3) is 0.267. The van der Waals surface area contributed by atoms with Gasteiger partial charge in [0, 0.05) is 24.1 Å². The molecule has 0 aliphatic heterocycles. The molecular weight excluding hydrogens is 321 g/mol. The molecule has 1 aromatic carbocycles. The summed E-state index contributed by atoms with van der Waals surface area (Å²) in [4.78, 5) is 10.7. The molecule has 0 saturated heterocycles. The average molecular weight is 336 g/mol. The van der Waals surface area contributed by atoms with E-state index in [2.05, 4.69) is 26.9 Å². The van der Waals surface area contributed by atoms with Gasteiger partial charge >= 0.3 is 0 Å². The largest absolute Gasteiger partial charge is 0.352 e. The van der Waals surface area contributed by atoms with Gasteiger partial charge in [0.25, 0.3) is 0 Å². The van der Waals surface area contributed by atoms with E-state index in [0.29, 0.717) is 10.0 Å². The van der Waals surface area contributed by atoms with Crippen LogP contribution < -0.4 is 4.90 Å². The van der Waals surface area contributed by atoms with Crippen molar-refractivity contribution in [3.8, 4) is 0 Å². The minimum atomic E-state index is 0.0306. The number of aryl methyl sites for hydroxylation is 1. The molecular formula is C15H15Cl2N5. The molecule has 22 heavy (non-hydrogen) atoms. The van der Waals surface area contributed by atoms with Gasteiger partial charge in [0.2, 0.25) is 0 Å². The van der Waals surface area contributed by atoms with E-state index in [-0.39, 0.29) is 6.04 Å². The van der Waals surface area contributed by atoms with Crippen LogP contribution in [0.25, 0.3) is 11.0 Å². The van der Waals surface area contributed by atoms with Crippen molar-refractivity contribution in [3.05, 3.63) is 46.3 Å². The molecule has 7 heteroatoms. The van der Waals surface area contributed by atoms with E-state index in [4.69, 9.17) is 23.2 Å². The molecule has 0 amide bonds. The molecule has 2 heterocycles. The predicted molar refractivity (Wildman–Crippen MR) is 89.6 cm³/mol. The Kier molecular flexibility index (Phi) is 3.93. The van der Waals surface area contributed by atoms with Gasteiger partial charge in [-0.2, -0.15) is 5.10 Å². The van der Waals surface area contributed by atoms with Crippen molar-refractivity contribution < 1.29 is 0 Å². The van der Waals surface area contributed by atoms with Crippen molar-refractivity contribution in [2.24, 2.45) is 7.05 Å². The molecule has 0 saturated carbocycles. The zero-order chi connectivity index (χ0) is 15.9. The molecule has 0 unspecified atom stereocenters. The van der Waals surface area contributed by atoms with E-state index in [1.807, 2.05) is 26.2 Å². The summed E-state index contributed by atoms with van der Waals surface area (Å²) in [7, 11) is 3.84. The second-order valence-electron chi connectivity index (χ2n) is 5.16. The maximum Gasteiger partial charge on any atom is 0.163 e. The summed E-state index contributed by atoms with van der Waals surface area (Å²) in [5.41, 5.74) is 1.79. The molecule has 0 aliphatic rings. The summed E-state index contributed by atoms with van der Waals surface area (Å²) in [6, 6.07) is 5.56. The van der Waals surface area contributed by atoms with Crippen molar-refractivity contribution in [1.29, 1.82) is 0 Å². The number of anilines is 1. The van der Waals surface area contributed by atoms with Gasteiger partial charge < -0.3 is 4.90 Å². The first-order valence-electron chi connectivity index (χ1n) is 6.79. The van der Waals surface area contributed by atoms with E-state index in [9.17, 15) is 0 Å². The Morgan fingerprint density at radius 3 is 2.73 bits per heavy atom. The van der Waals surface area contributed by atoms with Gasteiger partial charge in [-0.1, -0.05) is 29.3 Å². The molecule has 0 fully saturated rings. The molecule has 3 rings (SSSR count). The Morgan fingerprint density at radius 1 is 1.23 bits per heavy atom. The van der Waals surface area contributed by atoms with Gasteiger partial charge in [-0.05, 0) is 24.6 Å². The van der Waals surface area contributed by atoms with E-state index < -0.39 is 0 Å². The van der Waals surface area contributed by atoms with Crippen LogP contribution in [0.5, 0.6) is 0 Å². The van der Waals surface area contributed by atoms with Gasteiger partial charge in [0.1, 0.15) is 12.1 Å². The van der Waals surface area contributed by atoms with Crippen LogP contribution in [0.2, 0.25) is 10.0 Å². The summed E-state index contributed by atoms with van der Waals surface area (Å²) in [5.74, 6) is 0.816. The first-order valence-corrected chi connectivity index (χ1v) is 7.55. The zero-order valence-corrected chi connectivity index (χ0v) is 14.0. The number of rotatable bonds is 3. The molecule has 3 aromatic rings. The number of benzene rings is 1. The van der Waals surface area contributed by atoms with E-state index >= 15 is 0 Å². The van der Waals surface area contributed by atoms with Gasteiger partial charge in [0.15, 0.2) is 5.65 Å². The number of hydrogen-bond acceptors (Lipinski definition) is 4. The lowest BCUT2D eigenvalue weighted by molar-refractivity contribution is 0.730. The fourth-order valence-corrected chi connectivity index (χ4v) is 3.03. The second kappa shape index (κ2) is 5.74. The molecule has 0 bridgehead atoms. The Balaban J connectivity index is 2.03. The standard InChI is InChI=1S/C15H15Cl2N5/c1-9(11-5-4-10(16)6-13(11)17)21(2)14-12-7-20-22(3)15(12)19-8-18-14/h4-9H,1-3H3/t9-/m0/s1. The maximum atomic E-state index is 6.32. The average Bonchev–Trinajstić information content (AvgIpc) is 2.87. The van der Waals surface area contributed by atoms with Crippen LogP contribution in [0.4, 0.5) is 5.82 Å². The Morgan fingerprint density at radius 2 is 2.00 bits per heavy atom. The van der Waals surface area contributed by atoms with Crippen LogP contribution in [-0.2, 0) is 7.05 Å². The lowest BCUT2D eigenvalue weighted by Gasteiger charge is -2.27. The minimum absolute atomic E-state index is 0.0306. The highest BCUT2D eigenvalue weighted by Crippen LogP contribution is 2.33. The molecule has 0 spiro atoms. The molecule has 1 atom stereocenters. The van der Waals surface area contributed by atoms with Gasteiger partial charge in [-0.15, -0.1) is 0 Å². The van der Waals surface area contributed by atoms with Crippen molar-refractivity contribution in [3.63, 3.8) is 0 Å². The highest BCUT2D eigenvalue weighted by atomic mass is 35.5. The van der Waals surface area contributed by atoms with E-state index in [0.717, 1.165) is 22.4 Å². The Labute approximate surface area is 138 Å². The lowest BCUT2D eigenvalue weighted by Crippen LogP contribution is -2.23. The number of hydrogen-bond donors (Lipinski definition) is 0. The number of fused-ring (bicyclic) bond motifs is 1. The van der Waals surface area contributed by atoms with Gasteiger partial charge in [-0.3, -0.25) is 4.68 Å². The molecule has 0 radical (unpaired) electrons. The summed E-state index contributed by atoms with van der Waals surface area (Å²) in [5, 5.41) is 6.42. The van der Waals surface area contributed by atoms with Crippen molar-refractivity contribution in [2.75, 3.05) is 11.9 Å². The topological polar surface area (TPSA) is 46.8 Å².